The van der Waals surface area contributed by atoms with Crippen molar-refractivity contribution in [1.29, 1.82) is 0 Å². The van der Waals surface area contributed by atoms with Gasteiger partial charge in [0.15, 0.2) is 0 Å². The smallest absolute Gasteiger partial charge is 0.450 e. The Morgan fingerprint density at radius 2 is 1.92 bits per heavy atom. The van der Waals surface area contributed by atoms with Crippen molar-refractivity contribution in [3.8, 4) is 0 Å². The van der Waals surface area contributed by atoms with Crippen LogP contribution in [0.1, 0.15) is 6.42 Å². The number of carboxylic acid groups (broad SMARTS) is 1. The van der Waals surface area contributed by atoms with Crippen molar-refractivity contribution in [2.24, 2.45) is 5.92 Å². The Bertz CT molecular complexity index is 232. The summed E-state index contributed by atoms with van der Waals surface area (Å²) in [6.07, 6.45) is -4.81. The van der Waals surface area contributed by atoms with Gasteiger partial charge in [-0.25, -0.2) is 0 Å². The van der Waals surface area contributed by atoms with E-state index in [1.807, 2.05) is 0 Å². The van der Waals surface area contributed by atoms with Gasteiger partial charge in [0.1, 0.15) is 0 Å². The molecule has 0 spiro atoms. The molecule has 0 saturated heterocycles. The molecule has 0 radical (unpaired) electrons. The van der Waals surface area contributed by atoms with Crippen LogP contribution in [0.4, 0.5) is 13.2 Å². The fourth-order valence-corrected chi connectivity index (χ4v) is 0.675. The zero-order valence-corrected chi connectivity index (χ0v) is 6.43. The van der Waals surface area contributed by atoms with Gasteiger partial charge in [-0.05, 0) is 6.42 Å². The van der Waals surface area contributed by atoms with Crippen molar-refractivity contribution in [2.45, 2.75) is 12.6 Å². The first-order valence-corrected chi connectivity index (χ1v) is 3.23. The molecule has 1 atom stereocenters. The molecule has 3 nitrogen and oxygen atoms in total. The van der Waals surface area contributed by atoms with E-state index in [4.69, 9.17) is 0 Å². The summed E-state index contributed by atoms with van der Waals surface area (Å²) in [5, 5.41) is 10.1. The van der Waals surface area contributed by atoms with Crippen molar-refractivity contribution < 1.29 is 27.9 Å². The van der Waals surface area contributed by atoms with Crippen LogP contribution in [0.25, 0.3) is 0 Å². The average Bonchev–Trinajstić information content (AvgIpc) is 1.96. The molecule has 0 saturated carbocycles. The van der Waals surface area contributed by atoms with Crippen LogP contribution in [0, 0.1) is 5.92 Å². The van der Waals surface area contributed by atoms with Gasteiger partial charge in [-0.2, -0.15) is 13.2 Å². The van der Waals surface area contributed by atoms with Crippen LogP contribution >= 0.6 is 0 Å². The molecule has 13 heavy (non-hydrogen) atoms. The largest absolute Gasteiger partial charge is 0.549 e. The van der Waals surface area contributed by atoms with Crippen LogP contribution in [-0.4, -0.2) is 17.9 Å². The van der Waals surface area contributed by atoms with Gasteiger partial charge in [0.2, 0.25) is 5.78 Å². The maximum atomic E-state index is 11.7. The number of Topliss-reactive ketones (excluding diaryl/α,β-unsaturated/α-hetero) is 1. The minimum atomic E-state index is -5.15. The maximum Gasteiger partial charge on any atom is 0.450 e. The van der Waals surface area contributed by atoms with Gasteiger partial charge in [-0.15, -0.1) is 6.58 Å². The summed E-state index contributed by atoms with van der Waals surface area (Å²) in [5.74, 6) is -6.54. The Kier molecular flexibility index (Phi) is 3.65. The van der Waals surface area contributed by atoms with E-state index in [1.165, 1.54) is 0 Å². The van der Waals surface area contributed by atoms with Crippen molar-refractivity contribution >= 4 is 11.8 Å². The maximum absolute atomic E-state index is 11.7. The fourth-order valence-electron chi connectivity index (χ4n) is 0.675. The molecule has 0 aromatic heterocycles. The Morgan fingerprint density at radius 3 is 2.15 bits per heavy atom. The van der Waals surface area contributed by atoms with Gasteiger partial charge in [0.05, 0.1) is 11.9 Å². The number of allylic oxidation sites excluding steroid dienone is 1. The van der Waals surface area contributed by atoms with Crippen molar-refractivity contribution in [3.63, 3.8) is 0 Å². The molecule has 0 aromatic rings. The minimum absolute atomic E-state index is 0.583. The summed E-state index contributed by atoms with van der Waals surface area (Å²) in [6, 6.07) is 0. The van der Waals surface area contributed by atoms with Gasteiger partial charge in [0, 0.05) is 0 Å². The quantitative estimate of drug-likeness (QED) is 0.470. The molecule has 74 valence electrons. The van der Waals surface area contributed by atoms with Gasteiger partial charge in [-0.3, -0.25) is 4.79 Å². The van der Waals surface area contributed by atoms with E-state index in [0.717, 1.165) is 6.08 Å². The van der Waals surface area contributed by atoms with Crippen molar-refractivity contribution in [2.75, 3.05) is 0 Å². The number of rotatable bonds is 4. The lowest BCUT2D eigenvalue weighted by atomic mass is 10.0. The molecule has 0 N–H and O–H groups in total. The van der Waals surface area contributed by atoms with Crippen molar-refractivity contribution in [3.05, 3.63) is 12.7 Å². The predicted molar refractivity (Wildman–Crippen MR) is 34.4 cm³/mol. The summed E-state index contributed by atoms with van der Waals surface area (Å²) in [6.45, 7) is 3.04. The van der Waals surface area contributed by atoms with E-state index in [9.17, 15) is 27.9 Å². The van der Waals surface area contributed by atoms with Gasteiger partial charge in [-0.1, -0.05) is 6.08 Å². The Hall–Kier alpha value is -1.33. The van der Waals surface area contributed by atoms with E-state index in [2.05, 4.69) is 6.58 Å². The lowest BCUT2D eigenvalue weighted by molar-refractivity contribution is -0.311. The van der Waals surface area contributed by atoms with Gasteiger partial charge >= 0.3 is 6.18 Å². The summed E-state index contributed by atoms with van der Waals surface area (Å²) in [4.78, 5) is 20.5. The standard InChI is InChI=1S/C7H7F3O3/c1-2-3-4(6(12)13)5(11)7(8,9)10/h2,4H,1,3H2,(H,12,13)/p-1. The molecule has 0 heterocycles. The van der Waals surface area contributed by atoms with Crippen LogP contribution in [0.5, 0.6) is 0 Å². The third-order valence-corrected chi connectivity index (χ3v) is 1.28. The molecule has 0 bridgehead atoms. The number of hydrogen-bond acceptors (Lipinski definition) is 3. The second kappa shape index (κ2) is 4.06. The monoisotopic (exact) mass is 195 g/mol. The summed E-state index contributed by atoms with van der Waals surface area (Å²) >= 11 is 0. The number of aliphatic carboxylic acids is 1. The topological polar surface area (TPSA) is 57.2 Å². The third kappa shape index (κ3) is 3.27. The average molecular weight is 195 g/mol. The van der Waals surface area contributed by atoms with Gasteiger partial charge < -0.3 is 9.90 Å². The highest BCUT2D eigenvalue weighted by molar-refractivity contribution is 6.00. The number of carbonyl (C=O) groups excluding carboxylic acids is 2. The zero-order chi connectivity index (χ0) is 10.6. The summed E-state index contributed by atoms with van der Waals surface area (Å²) in [7, 11) is 0. The number of ketones is 1. The predicted octanol–water partition coefficient (Wildman–Crippen LogP) is 0.0600. The van der Waals surface area contributed by atoms with Crippen LogP contribution in [0.2, 0.25) is 0 Å². The molecule has 6 heteroatoms. The highest BCUT2D eigenvalue weighted by Gasteiger charge is 2.43. The number of hydrogen-bond donors (Lipinski definition) is 0. The first-order chi connectivity index (χ1) is 5.80. The first kappa shape index (κ1) is 11.7. The molecule has 0 rings (SSSR count). The molecule has 0 amide bonds. The summed E-state index contributed by atoms with van der Waals surface area (Å²) < 4.78 is 35.1. The summed E-state index contributed by atoms with van der Waals surface area (Å²) in [5.41, 5.74) is 0. The van der Waals surface area contributed by atoms with Crippen LogP contribution < -0.4 is 5.11 Å². The number of carboxylic acids is 1. The van der Waals surface area contributed by atoms with E-state index in [-0.39, 0.29) is 0 Å². The zero-order valence-electron chi connectivity index (χ0n) is 6.43. The molecular formula is C7H6F3O3-. The minimum Gasteiger partial charge on any atom is -0.549 e. The third-order valence-electron chi connectivity index (χ3n) is 1.28. The van der Waals surface area contributed by atoms with Crippen LogP contribution in [0.3, 0.4) is 0 Å². The molecule has 0 fully saturated rings. The number of carbonyl (C=O) groups is 2. The Morgan fingerprint density at radius 1 is 1.46 bits per heavy atom. The number of halogens is 3. The van der Waals surface area contributed by atoms with E-state index < -0.39 is 30.3 Å². The van der Waals surface area contributed by atoms with E-state index in [0.29, 0.717) is 0 Å². The second-order valence-electron chi connectivity index (χ2n) is 2.26. The van der Waals surface area contributed by atoms with E-state index in [1.54, 1.807) is 0 Å². The first-order valence-electron chi connectivity index (χ1n) is 3.23. The molecule has 0 aliphatic rings. The van der Waals surface area contributed by atoms with Crippen molar-refractivity contribution in [1.82, 2.24) is 0 Å². The molecule has 0 aliphatic carbocycles. The van der Waals surface area contributed by atoms with Gasteiger partial charge in [0.25, 0.3) is 0 Å². The molecular weight excluding hydrogens is 189 g/mol. The van der Waals surface area contributed by atoms with E-state index >= 15 is 0 Å². The van der Waals surface area contributed by atoms with Crippen LogP contribution in [0.15, 0.2) is 12.7 Å². The highest BCUT2D eigenvalue weighted by atomic mass is 19.4. The SMILES string of the molecule is C=CCC(C(=O)[O-])C(=O)C(F)(F)F. The fraction of sp³-hybridized carbons (Fsp3) is 0.429. The van der Waals surface area contributed by atoms with Crippen LogP contribution in [-0.2, 0) is 9.59 Å². The molecule has 1 unspecified atom stereocenters. The number of alkyl halides is 3. The Labute approximate surface area is 71.9 Å². The highest BCUT2D eigenvalue weighted by Crippen LogP contribution is 2.22. The Balaban J connectivity index is 4.66. The lowest BCUT2D eigenvalue weighted by Gasteiger charge is -2.16. The second-order valence-corrected chi connectivity index (χ2v) is 2.26. The lowest BCUT2D eigenvalue weighted by Crippen LogP contribution is -2.42. The molecule has 0 aromatic carbocycles. The normalized spacial score (nSPS) is 13.5. The molecule has 0 aliphatic heterocycles.